The first-order valence-electron chi connectivity index (χ1n) is 8.48. The maximum Gasteiger partial charge on any atom is 0.346 e. The van der Waals surface area contributed by atoms with Crippen LogP contribution in [0.2, 0.25) is 0 Å². The molecule has 29 heavy (non-hydrogen) atoms. The van der Waals surface area contributed by atoms with Crippen molar-refractivity contribution < 1.29 is 32.2 Å². The van der Waals surface area contributed by atoms with Gasteiger partial charge in [0.2, 0.25) is 0 Å². The molecule has 0 spiro atoms. The lowest BCUT2D eigenvalue weighted by Gasteiger charge is -2.09. The molecular weight excluding hydrogens is 398 g/mol. The van der Waals surface area contributed by atoms with Crippen molar-refractivity contribution in [3.63, 3.8) is 0 Å². The smallest absolute Gasteiger partial charge is 0.346 e. The molecule has 1 atom stereocenters. The highest BCUT2D eigenvalue weighted by Crippen LogP contribution is 2.20. The topological polar surface area (TPSA) is 108 Å². The second-order valence-electron chi connectivity index (χ2n) is 5.84. The predicted octanol–water partition coefficient (Wildman–Crippen LogP) is 2.61. The van der Waals surface area contributed by atoms with Gasteiger partial charge in [-0.1, -0.05) is 12.1 Å². The number of ether oxygens (including phenoxy) is 3. The molecule has 0 radical (unpaired) electrons. The summed E-state index contributed by atoms with van der Waals surface area (Å²) in [5, 5.41) is 0. The van der Waals surface area contributed by atoms with E-state index in [4.69, 9.17) is 9.47 Å². The van der Waals surface area contributed by atoms with Crippen molar-refractivity contribution in [2.75, 3.05) is 18.9 Å². The second-order valence-corrected chi connectivity index (χ2v) is 7.52. The molecule has 154 valence electrons. The van der Waals surface area contributed by atoms with Crippen LogP contribution in [0.25, 0.3) is 6.08 Å². The Balaban J connectivity index is 2.02. The van der Waals surface area contributed by atoms with Crippen LogP contribution in [0.15, 0.2) is 59.5 Å². The van der Waals surface area contributed by atoms with Gasteiger partial charge in [-0.15, -0.1) is 0 Å². The third kappa shape index (κ3) is 6.35. The number of carbonyl (C=O) groups excluding carboxylic acids is 2. The molecule has 0 heterocycles. The van der Waals surface area contributed by atoms with E-state index in [9.17, 15) is 18.0 Å². The first-order valence-corrected chi connectivity index (χ1v) is 9.97. The first kappa shape index (κ1) is 22.0. The number of carbonyl (C=O) groups is 2. The summed E-state index contributed by atoms with van der Waals surface area (Å²) < 4.78 is 41.8. The highest BCUT2D eigenvalue weighted by Gasteiger charge is 2.17. The molecule has 0 unspecified atom stereocenters. The van der Waals surface area contributed by atoms with E-state index in [2.05, 4.69) is 9.46 Å². The summed E-state index contributed by atoms with van der Waals surface area (Å²) in [6.07, 6.45) is 1.56. The van der Waals surface area contributed by atoms with Gasteiger partial charge in [0, 0.05) is 11.8 Å². The molecule has 0 aliphatic heterocycles. The molecule has 1 N–H and O–H groups in total. The minimum atomic E-state index is -3.77. The van der Waals surface area contributed by atoms with Crippen molar-refractivity contribution in [1.82, 2.24) is 0 Å². The summed E-state index contributed by atoms with van der Waals surface area (Å²) in [5.74, 6) is -0.768. The van der Waals surface area contributed by atoms with Gasteiger partial charge < -0.3 is 14.2 Å². The summed E-state index contributed by atoms with van der Waals surface area (Å²) in [6, 6.07) is 12.4. The quantitative estimate of drug-likeness (QED) is 0.517. The van der Waals surface area contributed by atoms with Crippen LogP contribution in [0.1, 0.15) is 12.5 Å². The van der Waals surface area contributed by atoms with Gasteiger partial charge in [0.25, 0.3) is 10.0 Å². The standard InChI is InChI=1S/C20H21NO7S/c1-14(20(23)27-3)28-19(22)13-6-15-4-11-18(12-5-15)29(24,25)21-16-7-9-17(26-2)10-8-16/h4-14,21H,1-3H3/b13-6+/t14-/m0/s1. The van der Waals surface area contributed by atoms with Crippen molar-refractivity contribution >= 4 is 33.7 Å². The molecule has 0 saturated carbocycles. The van der Waals surface area contributed by atoms with E-state index >= 15 is 0 Å². The average Bonchev–Trinajstić information content (AvgIpc) is 2.72. The van der Waals surface area contributed by atoms with Gasteiger partial charge in [-0.05, 0) is 55.0 Å². The fourth-order valence-corrected chi connectivity index (χ4v) is 3.28. The third-order valence-corrected chi connectivity index (χ3v) is 5.17. The van der Waals surface area contributed by atoms with E-state index in [1.54, 1.807) is 24.3 Å². The van der Waals surface area contributed by atoms with Gasteiger partial charge >= 0.3 is 11.9 Å². The van der Waals surface area contributed by atoms with E-state index in [1.807, 2.05) is 0 Å². The Bertz CT molecular complexity index is 980. The number of methoxy groups -OCH3 is 2. The Kier molecular flexibility index (Phi) is 7.38. The average molecular weight is 419 g/mol. The van der Waals surface area contributed by atoms with Crippen LogP contribution < -0.4 is 9.46 Å². The van der Waals surface area contributed by atoms with Gasteiger partial charge in [-0.25, -0.2) is 18.0 Å². The van der Waals surface area contributed by atoms with Crippen LogP contribution in [-0.4, -0.2) is 40.7 Å². The Labute approximate surface area is 169 Å². The lowest BCUT2D eigenvalue weighted by molar-refractivity contribution is -0.161. The molecule has 0 aromatic heterocycles. The highest BCUT2D eigenvalue weighted by atomic mass is 32.2. The Morgan fingerprint density at radius 1 is 1.00 bits per heavy atom. The van der Waals surface area contributed by atoms with E-state index in [0.717, 1.165) is 6.08 Å². The summed E-state index contributed by atoms with van der Waals surface area (Å²) in [5.41, 5.74) is 0.980. The number of nitrogens with one attached hydrogen (secondary N) is 1. The number of esters is 2. The maximum absolute atomic E-state index is 12.5. The van der Waals surface area contributed by atoms with Crippen molar-refractivity contribution in [3.05, 3.63) is 60.2 Å². The molecule has 0 aliphatic carbocycles. The van der Waals surface area contributed by atoms with E-state index < -0.39 is 28.1 Å². The fraction of sp³-hybridized carbons (Fsp3) is 0.200. The normalized spacial score (nSPS) is 12.2. The second kappa shape index (κ2) is 9.74. The zero-order valence-corrected chi connectivity index (χ0v) is 16.9. The number of hydrogen-bond donors (Lipinski definition) is 1. The van der Waals surface area contributed by atoms with Gasteiger partial charge in [0.05, 0.1) is 19.1 Å². The first-order chi connectivity index (χ1) is 13.7. The van der Waals surface area contributed by atoms with Crippen molar-refractivity contribution in [2.45, 2.75) is 17.9 Å². The van der Waals surface area contributed by atoms with E-state index in [-0.39, 0.29) is 4.90 Å². The summed E-state index contributed by atoms with van der Waals surface area (Å²) in [4.78, 5) is 23.0. The van der Waals surface area contributed by atoms with Crippen LogP contribution >= 0.6 is 0 Å². The molecule has 9 heteroatoms. The number of sulfonamides is 1. The molecule has 0 aliphatic rings. The van der Waals surface area contributed by atoms with E-state index in [0.29, 0.717) is 17.0 Å². The fourth-order valence-electron chi connectivity index (χ4n) is 2.22. The maximum atomic E-state index is 12.5. The molecule has 0 bridgehead atoms. The number of benzene rings is 2. The highest BCUT2D eigenvalue weighted by molar-refractivity contribution is 7.92. The molecule has 0 fully saturated rings. The summed E-state index contributed by atoms with van der Waals surface area (Å²) in [6.45, 7) is 1.40. The van der Waals surface area contributed by atoms with Crippen LogP contribution in [0.3, 0.4) is 0 Å². The van der Waals surface area contributed by atoms with Crippen molar-refractivity contribution in [3.8, 4) is 5.75 Å². The van der Waals surface area contributed by atoms with Crippen LogP contribution in [-0.2, 0) is 29.1 Å². The molecule has 8 nitrogen and oxygen atoms in total. The van der Waals surface area contributed by atoms with Gasteiger partial charge in [-0.3, -0.25) is 4.72 Å². The molecule has 0 saturated heterocycles. The molecular formula is C20H21NO7S. The summed E-state index contributed by atoms with van der Waals surface area (Å²) in [7, 11) is -1.05. The van der Waals surface area contributed by atoms with E-state index in [1.165, 1.54) is 51.5 Å². The molecule has 2 aromatic rings. The lowest BCUT2D eigenvalue weighted by Crippen LogP contribution is -2.24. The zero-order valence-electron chi connectivity index (χ0n) is 16.1. The van der Waals surface area contributed by atoms with Crippen LogP contribution in [0.4, 0.5) is 5.69 Å². The molecule has 2 rings (SSSR count). The number of hydrogen-bond acceptors (Lipinski definition) is 7. The molecule has 2 aromatic carbocycles. The van der Waals surface area contributed by atoms with Crippen molar-refractivity contribution in [1.29, 1.82) is 0 Å². The summed E-state index contributed by atoms with van der Waals surface area (Å²) >= 11 is 0. The zero-order chi connectivity index (χ0) is 21.4. The Morgan fingerprint density at radius 3 is 2.17 bits per heavy atom. The van der Waals surface area contributed by atoms with Crippen LogP contribution in [0, 0.1) is 0 Å². The Hall–Kier alpha value is -3.33. The van der Waals surface area contributed by atoms with Gasteiger partial charge in [0.1, 0.15) is 5.75 Å². The largest absolute Gasteiger partial charge is 0.497 e. The minimum absolute atomic E-state index is 0.0624. The van der Waals surface area contributed by atoms with Gasteiger partial charge in [-0.2, -0.15) is 0 Å². The third-order valence-electron chi connectivity index (χ3n) is 3.77. The number of rotatable bonds is 8. The lowest BCUT2D eigenvalue weighted by atomic mass is 10.2. The van der Waals surface area contributed by atoms with Crippen molar-refractivity contribution in [2.24, 2.45) is 0 Å². The SMILES string of the molecule is COC(=O)[C@H](C)OC(=O)/C=C/c1ccc(S(=O)(=O)Nc2ccc(OC)cc2)cc1. The number of anilines is 1. The van der Waals surface area contributed by atoms with Gasteiger partial charge in [0.15, 0.2) is 6.10 Å². The predicted molar refractivity (Wildman–Crippen MR) is 107 cm³/mol. The Morgan fingerprint density at radius 2 is 1.62 bits per heavy atom. The minimum Gasteiger partial charge on any atom is -0.497 e. The molecule has 0 amide bonds. The van der Waals surface area contributed by atoms with Crippen LogP contribution in [0.5, 0.6) is 5.75 Å². The monoisotopic (exact) mass is 419 g/mol.